The van der Waals surface area contributed by atoms with Crippen LogP contribution in [0.5, 0.6) is 5.75 Å². The Hall–Kier alpha value is -1.99. The Morgan fingerprint density at radius 2 is 2.00 bits per heavy atom. The zero-order chi connectivity index (χ0) is 14.3. The molecule has 2 rings (SSSR count). The SMILES string of the molecule is COc1cc(NC2(C(F)(F)F)CC2)cc([N+](=O)[O-])c1. The Morgan fingerprint density at radius 3 is 2.42 bits per heavy atom. The molecular weight excluding hydrogens is 265 g/mol. The highest BCUT2D eigenvalue weighted by atomic mass is 19.4. The Bertz CT molecular complexity index is 512. The maximum atomic E-state index is 12.8. The molecule has 0 radical (unpaired) electrons. The first kappa shape index (κ1) is 13.4. The molecule has 1 aromatic carbocycles. The molecule has 0 amide bonds. The van der Waals surface area contributed by atoms with E-state index in [1.165, 1.54) is 13.2 Å². The monoisotopic (exact) mass is 276 g/mol. The summed E-state index contributed by atoms with van der Waals surface area (Å²) < 4.78 is 43.2. The van der Waals surface area contributed by atoms with Crippen molar-refractivity contribution in [2.75, 3.05) is 12.4 Å². The van der Waals surface area contributed by atoms with E-state index in [4.69, 9.17) is 4.74 Å². The summed E-state index contributed by atoms with van der Waals surface area (Å²) >= 11 is 0. The molecule has 0 bridgehead atoms. The first-order valence-corrected chi connectivity index (χ1v) is 5.46. The lowest BCUT2D eigenvalue weighted by atomic mass is 10.2. The molecule has 1 aliphatic rings. The molecule has 0 unspecified atom stereocenters. The van der Waals surface area contributed by atoms with Crippen LogP contribution in [0.15, 0.2) is 18.2 Å². The van der Waals surface area contributed by atoms with Crippen LogP contribution in [0.3, 0.4) is 0 Å². The molecule has 0 aromatic heterocycles. The summed E-state index contributed by atoms with van der Waals surface area (Å²) in [5.74, 6) is 0.134. The van der Waals surface area contributed by atoms with Crippen molar-refractivity contribution in [3.63, 3.8) is 0 Å². The van der Waals surface area contributed by atoms with E-state index in [-0.39, 0.29) is 30.0 Å². The van der Waals surface area contributed by atoms with Gasteiger partial charge in [0.2, 0.25) is 0 Å². The number of methoxy groups -OCH3 is 1. The third kappa shape index (κ3) is 2.56. The molecule has 1 aliphatic carbocycles. The topological polar surface area (TPSA) is 64.4 Å². The lowest BCUT2D eigenvalue weighted by molar-refractivity contribution is -0.384. The molecule has 0 heterocycles. The third-order valence-corrected chi connectivity index (χ3v) is 3.01. The normalized spacial score (nSPS) is 16.8. The molecular formula is C11H11F3N2O3. The average Bonchev–Trinajstić information content (AvgIpc) is 3.08. The zero-order valence-corrected chi connectivity index (χ0v) is 9.95. The number of nitrogens with zero attached hydrogens (tertiary/aromatic N) is 1. The van der Waals surface area contributed by atoms with Gasteiger partial charge in [-0.25, -0.2) is 0 Å². The first-order chi connectivity index (χ1) is 8.77. The van der Waals surface area contributed by atoms with Gasteiger partial charge in [0.25, 0.3) is 5.69 Å². The molecule has 0 aliphatic heterocycles. The highest BCUT2D eigenvalue weighted by Crippen LogP contribution is 2.51. The molecule has 1 saturated carbocycles. The van der Waals surface area contributed by atoms with Crippen molar-refractivity contribution in [2.45, 2.75) is 24.6 Å². The summed E-state index contributed by atoms with van der Waals surface area (Å²) in [4.78, 5) is 10.0. The molecule has 1 fully saturated rings. The molecule has 19 heavy (non-hydrogen) atoms. The van der Waals surface area contributed by atoms with Gasteiger partial charge in [0.05, 0.1) is 18.1 Å². The van der Waals surface area contributed by atoms with E-state index in [1.54, 1.807) is 0 Å². The van der Waals surface area contributed by atoms with Gasteiger partial charge in [-0.15, -0.1) is 0 Å². The van der Waals surface area contributed by atoms with Crippen LogP contribution in [-0.2, 0) is 0 Å². The number of non-ortho nitro benzene ring substituents is 1. The highest BCUT2D eigenvalue weighted by Gasteiger charge is 2.63. The minimum Gasteiger partial charge on any atom is -0.496 e. The number of nitro benzene ring substituents is 1. The van der Waals surface area contributed by atoms with Gasteiger partial charge in [-0.2, -0.15) is 13.2 Å². The number of benzene rings is 1. The molecule has 8 heteroatoms. The van der Waals surface area contributed by atoms with Crippen LogP contribution < -0.4 is 10.1 Å². The van der Waals surface area contributed by atoms with E-state index in [9.17, 15) is 23.3 Å². The third-order valence-electron chi connectivity index (χ3n) is 3.01. The van der Waals surface area contributed by atoms with Crippen LogP contribution in [0.2, 0.25) is 0 Å². The van der Waals surface area contributed by atoms with Crippen LogP contribution in [-0.4, -0.2) is 23.7 Å². The fourth-order valence-electron chi connectivity index (χ4n) is 1.76. The van der Waals surface area contributed by atoms with Gasteiger partial charge in [0.15, 0.2) is 0 Å². The first-order valence-electron chi connectivity index (χ1n) is 5.46. The van der Waals surface area contributed by atoms with Gasteiger partial charge in [-0.05, 0) is 12.8 Å². The van der Waals surface area contributed by atoms with Gasteiger partial charge in [0.1, 0.15) is 11.3 Å². The maximum Gasteiger partial charge on any atom is 0.411 e. The predicted molar refractivity (Wildman–Crippen MR) is 61.3 cm³/mol. The van der Waals surface area contributed by atoms with E-state index in [2.05, 4.69) is 5.32 Å². The number of ether oxygens (including phenoxy) is 1. The number of anilines is 1. The van der Waals surface area contributed by atoms with Gasteiger partial charge in [-0.3, -0.25) is 10.1 Å². The van der Waals surface area contributed by atoms with Crippen LogP contribution >= 0.6 is 0 Å². The summed E-state index contributed by atoms with van der Waals surface area (Å²) in [6.07, 6.45) is -4.46. The van der Waals surface area contributed by atoms with Crippen molar-refractivity contribution in [1.82, 2.24) is 0 Å². The van der Waals surface area contributed by atoms with E-state index < -0.39 is 16.6 Å². The van der Waals surface area contributed by atoms with Gasteiger partial charge in [0, 0.05) is 17.8 Å². The van der Waals surface area contributed by atoms with E-state index >= 15 is 0 Å². The second kappa shape index (κ2) is 4.29. The minimum atomic E-state index is -4.38. The van der Waals surface area contributed by atoms with Crippen LogP contribution in [0.1, 0.15) is 12.8 Å². The minimum absolute atomic E-state index is 0.0286. The summed E-state index contributed by atoms with van der Waals surface area (Å²) in [6, 6.07) is 3.52. The summed E-state index contributed by atoms with van der Waals surface area (Å²) in [6.45, 7) is 0. The van der Waals surface area contributed by atoms with Gasteiger partial charge < -0.3 is 10.1 Å². The number of alkyl halides is 3. The quantitative estimate of drug-likeness (QED) is 0.678. The van der Waals surface area contributed by atoms with Gasteiger partial charge in [-0.1, -0.05) is 0 Å². The molecule has 0 saturated heterocycles. The fourth-order valence-corrected chi connectivity index (χ4v) is 1.76. The predicted octanol–water partition coefficient (Wildman–Crippen LogP) is 3.11. The fraction of sp³-hybridized carbons (Fsp3) is 0.455. The Kier molecular flexibility index (Phi) is 3.03. The van der Waals surface area contributed by atoms with Crippen molar-refractivity contribution in [3.05, 3.63) is 28.3 Å². The van der Waals surface area contributed by atoms with Crippen LogP contribution in [0, 0.1) is 10.1 Å². The smallest absolute Gasteiger partial charge is 0.411 e. The number of nitro groups is 1. The molecule has 1 N–H and O–H groups in total. The van der Waals surface area contributed by atoms with Gasteiger partial charge >= 0.3 is 6.18 Å². The van der Waals surface area contributed by atoms with Crippen molar-refractivity contribution in [1.29, 1.82) is 0 Å². The maximum absolute atomic E-state index is 12.8. The van der Waals surface area contributed by atoms with E-state index in [0.29, 0.717) is 0 Å². The van der Waals surface area contributed by atoms with Crippen molar-refractivity contribution < 1.29 is 22.8 Å². The lowest BCUT2D eigenvalue weighted by Gasteiger charge is -2.22. The van der Waals surface area contributed by atoms with Crippen molar-refractivity contribution >= 4 is 11.4 Å². The number of nitrogens with one attached hydrogen (secondary N) is 1. The number of halogens is 3. The molecule has 104 valence electrons. The summed E-state index contributed by atoms with van der Waals surface area (Å²) in [5, 5.41) is 13.0. The highest BCUT2D eigenvalue weighted by molar-refractivity contribution is 5.58. The number of hydrogen-bond donors (Lipinski definition) is 1. The Morgan fingerprint density at radius 1 is 1.37 bits per heavy atom. The molecule has 1 aromatic rings. The molecule has 0 atom stereocenters. The second-order valence-electron chi connectivity index (χ2n) is 4.38. The van der Waals surface area contributed by atoms with Crippen LogP contribution in [0.25, 0.3) is 0 Å². The lowest BCUT2D eigenvalue weighted by Crippen LogP contribution is -2.38. The van der Waals surface area contributed by atoms with Crippen LogP contribution in [0.4, 0.5) is 24.5 Å². The Balaban J connectivity index is 2.30. The standard InChI is InChI=1S/C11H11F3N2O3/c1-19-9-5-7(4-8(6-9)16(17)18)15-10(2-3-10)11(12,13)14/h4-6,15H,2-3H2,1H3. The number of rotatable bonds is 4. The summed E-state index contributed by atoms with van der Waals surface area (Å²) in [7, 11) is 1.29. The zero-order valence-electron chi connectivity index (χ0n) is 9.95. The summed E-state index contributed by atoms with van der Waals surface area (Å²) in [5.41, 5.74) is -2.26. The largest absolute Gasteiger partial charge is 0.496 e. The Labute approximate surface area is 106 Å². The van der Waals surface area contributed by atoms with Crippen molar-refractivity contribution in [2.24, 2.45) is 0 Å². The van der Waals surface area contributed by atoms with Crippen molar-refractivity contribution in [3.8, 4) is 5.75 Å². The second-order valence-corrected chi connectivity index (χ2v) is 4.38. The van der Waals surface area contributed by atoms with E-state index in [1.807, 2.05) is 0 Å². The number of hydrogen-bond acceptors (Lipinski definition) is 4. The average molecular weight is 276 g/mol. The molecule has 5 nitrogen and oxygen atoms in total. The van der Waals surface area contributed by atoms with E-state index in [0.717, 1.165) is 12.1 Å². The molecule has 0 spiro atoms.